The Hall–Kier alpha value is -3.42. The molecule has 0 fully saturated rings. The summed E-state index contributed by atoms with van der Waals surface area (Å²) in [6, 6.07) is 26.1. The fourth-order valence-corrected chi connectivity index (χ4v) is 4.54. The highest BCUT2D eigenvalue weighted by Crippen LogP contribution is 2.22. The summed E-state index contributed by atoms with van der Waals surface area (Å²) in [6.45, 7) is 1.02. The van der Waals surface area contributed by atoms with Crippen molar-refractivity contribution in [1.82, 2.24) is 9.29 Å². The Morgan fingerprint density at radius 1 is 0.806 bits per heavy atom. The lowest BCUT2D eigenvalue weighted by Crippen LogP contribution is -2.30. The molecular formula is C24H23N3O3S. The van der Waals surface area contributed by atoms with Crippen molar-refractivity contribution in [3.05, 3.63) is 114 Å². The zero-order valence-electron chi connectivity index (χ0n) is 16.9. The van der Waals surface area contributed by atoms with Crippen molar-refractivity contribution in [3.63, 3.8) is 0 Å². The van der Waals surface area contributed by atoms with Crippen LogP contribution in [-0.4, -0.2) is 17.7 Å². The average molecular weight is 434 g/mol. The predicted molar refractivity (Wildman–Crippen MR) is 120 cm³/mol. The van der Waals surface area contributed by atoms with Gasteiger partial charge >= 0.3 is 0 Å². The van der Waals surface area contributed by atoms with E-state index in [4.69, 9.17) is 4.42 Å². The first-order valence-corrected chi connectivity index (χ1v) is 11.4. The van der Waals surface area contributed by atoms with Crippen LogP contribution in [0.3, 0.4) is 0 Å². The van der Waals surface area contributed by atoms with E-state index in [2.05, 4.69) is 10.3 Å². The first kappa shape index (κ1) is 20.8. The van der Waals surface area contributed by atoms with E-state index in [0.29, 0.717) is 12.4 Å². The van der Waals surface area contributed by atoms with Crippen molar-refractivity contribution in [2.45, 2.75) is 24.5 Å². The Morgan fingerprint density at radius 3 is 1.97 bits per heavy atom. The van der Waals surface area contributed by atoms with Gasteiger partial charge in [-0.05, 0) is 35.4 Å². The second-order valence-electron chi connectivity index (χ2n) is 7.06. The number of furan rings is 1. The summed E-state index contributed by atoms with van der Waals surface area (Å²) in [5, 5.41) is 3.12. The Kier molecular flexibility index (Phi) is 6.45. The molecule has 158 valence electrons. The number of benzene rings is 2. The lowest BCUT2D eigenvalue weighted by molar-refractivity contribution is 0.401. The summed E-state index contributed by atoms with van der Waals surface area (Å²) in [7, 11) is -3.75. The standard InChI is InChI=1S/C24H23N3O3S/c28-31(29,23-13-14-24(26-17-23)25-16-22-12-7-15-30-22)27(18-20-8-3-1-4-9-20)19-21-10-5-2-6-11-21/h1-15,17H,16,18-19H2,(H,25,26). The highest BCUT2D eigenvalue weighted by atomic mass is 32.2. The third-order valence-corrected chi connectivity index (χ3v) is 6.58. The molecule has 0 radical (unpaired) electrons. The van der Waals surface area contributed by atoms with Crippen LogP contribution < -0.4 is 5.32 Å². The van der Waals surface area contributed by atoms with Gasteiger partial charge in [-0.25, -0.2) is 13.4 Å². The molecular weight excluding hydrogens is 410 g/mol. The molecule has 6 nitrogen and oxygen atoms in total. The monoisotopic (exact) mass is 433 g/mol. The molecule has 0 aliphatic heterocycles. The average Bonchev–Trinajstić information content (AvgIpc) is 3.33. The van der Waals surface area contributed by atoms with E-state index in [1.807, 2.05) is 72.8 Å². The predicted octanol–water partition coefficient (Wildman–Crippen LogP) is 4.68. The third kappa shape index (κ3) is 5.39. The van der Waals surface area contributed by atoms with E-state index in [9.17, 15) is 8.42 Å². The van der Waals surface area contributed by atoms with Crippen molar-refractivity contribution in [2.24, 2.45) is 0 Å². The van der Waals surface area contributed by atoms with Gasteiger partial charge in [0, 0.05) is 19.3 Å². The first-order valence-electron chi connectivity index (χ1n) is 9.91. The van der Waals surface area contributed by atoms with Crippen LogP contribution in [0, 0.1) is 0 Å². The number of sulfonamides is 1. The molecule has 2 aromatic carbocycles. The van der Waals surface area contributed by atoms with E-state index < -0.39 is 10.0 Å². The second kappa shape index (κ2) is 9.59. The van der Waals surface area contributed by atoms with Crippen LogP contribution in [0.2, 0.25) is 0 Å². The SMILES string of the molecule is O=S(=O)(c1ccc(NCc2ccco2)nc1)N(Cc1ccccc1)Cc1ccccc1. The lowest BCUT2D eigenvalue weighted by Gasteiger charge is -2.22. The molecule has 0 aliphatic rings. The quantitative estimate of drug-likeness (QED) is 0.415. The number of nitrogens with zero attached hydrogens (tertiary/aromatic N) is 2. The molecule has 7 heteroatoms. The molecule has 0 aliphatic carbocycles. The number of hydrogen-bond donors (Lipinski definition) is 1. The van der Waals surface area contributed by atoms with Gasteiger partial charge in [-0.3, -0.25) is 0 Å². The zero-order valence-corrected chi connectivity index (χ0v) is 17.7. The van der Waals surface area contributed by atoms with Gasteiger partial charge < -0.3 is 9.73 Å². The van der Waals surface area contributed by atoms with Gasteiger partial charge in [0.1, 0.15) is 16.5 Å². The van der Waals surface area contributed by atoms with Crippen LogP contribution in [0.15, 0.2) is 107 Å². The van der Waals surface area contributed by atoms with Crippen LogP contribution in [-0.2, 0) is 29.7 Å². The van der Waals surface area contributed by atoms with Gasteiger partial charge in [0.05, 0.1) is 12.8 Å². The van der Waals surface area contributed by atoms with Gasteiger partial charge in [-0.2, -0.15) is 4.31 Å². The van der Waals surface area contributed by atoms with Crippen molar-refractivity contribution in [1.29, 1.82) is 0 Å². The largest absolute Gasteiger partial charge is 0.467 e. The molecule has 4 rings (SSSR count). The summed E-state index contributed by atoms with van der Waals surface area (Å²) >= 11 is 0. The summed E-state index contributed by atoms with van der Waals surface area (Å²) in [5.74, 6) is 1.35. The van der Waals surface area contributed by atoms with Gasteiger partial charge in [0.25, 0.3) is 0 Å². The van der Waals surface area contributed by atoms with E-state index in [0.717, 1.165) is 16.9 Å². The van der Waals surface area contributed by atoms with E-state index in [-0.39, 0.29) is 18.0 Å². The molecule has 2 heterocycles. The third-order valence-electron chi connectivity index (χ3n) is 4.80. The smallest absolute Gasteiger partial charge is 0.245 e. The molecule has 0 saturated carbocycles. The second-order valence-corrected chi connectivity index (χ2v) is 8.99. The number of anilines is 1. The number of nitrogens with one attached hydrogen (secondary N) is 1. The molecule has 31 heavy (non-hydrogen) atoms. The first-order chi connectivity index (χ1) is 15.1. The molecule has 0 amide bonds. The van der Waals surface area contributed by atoms with Crippen molar-refractivity contribution < 1.29 is 12.8 Å². The maximum Gasteiger partial charge on any atom is 0.245 e. The van der Waals surface area contributed by atoms with Gasteiger partial charge in [0.2, 0.25) is 10.0 Å². The minimum atomic E-state index is -3.75. The summed E-state index contributed by atoms with van der Waals surface area (Å²) in [6.07, 6.45) is 3.00. The molecule has 0 bridgehead atoms. The Balaban J connectivity index is 1.55. The summed E-state index contributed by atoms with van der Waals surface area (Å²) in [4.78, 5) is 4.44. The van der Waals surface area contributed by atoms with Crippen molar-refractivity contribution >= 4 is 15.8 Å². The molecule has 0 spiro atoms. The number of aromatic nitrogens is 1. The van der Waals surface area contributed by atoms with Crippen LogP contribution >= 0.6 is 0 Å². The molecule has 0 unspecified atom stereocenters. The van der Waals surface area contributed by atoms with E-state index >= 15 is 0 Å². The normalized spacial score (nSPS) is 11.5. The molecule has 2 aromatic heterocycles. The lowest BCUT2D eigenvalue weighted by atomic mass is 10.2. The van der Waals surface area contributed by atoms with Gasteiger partial charge in [0.15, 0.2) is 0 Å². The van der Waals surface area contributed by atoms with Crippen LogP contribution in [0.4, 0.5) is 5.82 Å². The Labute approximate surface area is 182 Å². The minimum Gasteiger partial charge on any atom is -0.467 e. The zero-order chi connectivity index (χ0) is 21.5. The Morgan fingerprint density at radius 2 is 1.45 bits per heavy atom. The maximum absolute atomic E-state index is 13.4. The molecule has 0 atom stereocenters. The fourth-order valence-electron chi connectivity index (χ4n) is 3.18. The minimum absolute atomic E-state index is 0.155. The number of pyridine rings is 1. The molecule has 4 aromatic rings. The number of rotatable bonds is 9. The fraction of sp³-hybridized carbons (Fsp3) is 0.125. The highest BCUT2D eigenvalue weighted by molar-refractivity contribution is 7.89. The topological polar surface area (TPSA) is 75.4 Å². The maximum atomic E-state index is 13.4. The summed E-state index contributed by atoms with van der Waals surface area (Å²) < 4.78 is 33.7. The Bertz CT molecular complexity index is 1140. The van der Waals surface area contributed by atoms with Crippen LogP contribution in [0.1, 0.15) is 16.9 Å². The van der Waals surface area contributed by atoms with Crippen LogP contribution in [0.5, 0.6) is 0 Å². The highest BCUT2D eigenvalue weighted by Gasteiger charge is 2.25. The molecule has 0 saturated heterocycles. The summed E-state index contributed by atoms with van der Waals surface area (Å²) in [5.41, 5.74) is 1.85. The van der Waals surface area contributed by atoms with Crippen molar-refractivity contribution in [3.8, 4) is 0 Å². The van der Waals surface area contributed by atoms with Gasteiger partial charge in [-0.1, -0.05) is 60.7 Å². The molecule has 1 N–H and O–H groups in total. The van der Waals surface area contributed by atoms with E-state index in [1.54, 1.807) is 18.4 Å². The number of hydrogen-bond acceptors (Lipinski definition) is 5. The van der Waals surface area contributed by atoms with E-state index in [1.165, 1.54) is 10.5 Å². The van der Waals surface area contributed by atoms with Gasteiger partial charge in [-0.15, -0.1) is 0 Å². The van der Waals surface area contributed by atoms with Crippen molar-refractivity contribution in [2.75, 3.05) is 5.32 Å². The van der Waals surface area contributed by atoms with Crippen LogP contribution in [0.25, 0.3) is 0 Å².